The summed E-state index contributed by atoms with van der Waals surface area (Å²) in [5, 5.41) is 0. The predicted molar refractivity (Wildman–Crippen MR) is 83.6 cm³/mol. The largest absolute Gasteiger partial charge is 0.126 e. The van der Waals surface area contributed by atoms with Gasteiger partial charge >= 0.3 is 0 Å². The Morgan fingerprint density at radius 3 is 2.47 bits per heavy atom. The summed E-state index contributed by atoms with van der Waals surface area (Å²) < 4.78 is 1.79. The van der Waals surface area contributed by atoms with E-state index >= 15 is 0 Å². The highest BCUT2D eigenvalue weighted by atomic mass is 79.9. The molecule has 0 saturated heterocycles. The third-order valence-electron chi connectivity index (χ3n) is 2.51. The number of rotatable bonds is 3. The lowest BCUT2D eigenvalue weighted by molar-refractivity contribution is 0.968. The Kier molecular flexibility index (Phi) is 4.70. The van der Waals surface area contributed by atoms with Gasteiger partial charge in [0.25, 0.3) is 0 Å². The van der Waals surface area contributed by atoms with Crippen molar-refractivity contribution in [2.75, 3.05) is 0 Å². The van der Waals surface area contributed by atoms with Crippen molar-refractivity contribution in [2.24, 2.45) is 0 Å². The molecule has 0 amide bonds. The van der Waals surface area contributed by atoms with E-state index in [4.69, 9.17) is 11.6 Å². The molecule has 0 N–H and O–H groups in total. The van der Waals surface area contributed by atoms with Gasteiger partial charge in [0.1, 0.15) is 4.34 Å². The molecule has 1 atom stereocenters. The Balaban J connectivity index is 2.11. The summed E-state index contributed by atoms with van der Waals surface area (Å²) in [6.07, 6.45) is 0.976. The molecule has 90 valence electrons. The van der Waals surface area contributed by atoms with Crippen molar-refractivity contribution in [3.8, 4) is 0 Å². The molecule has 4 heteroatoms. The first-order valence-corrected chi connectivity index (χ1v) is 8.11. The molecule has 0 fully saturated rings. The van der Waals surface area contributed by atoms with Crippen molar-refractivity contribution in [3.63, 3.8) is 0 Å². The summed E-state index contributed by atoms with van der Waals surface area (Å²) in [5.41, 5.74) is 2.62. The third kappa shape index (κ3) is 3.57. The quantitative estimate of drug-likeness (QED) is 0.548. The normalized spacial score (nSPS) is 12.7. The van der Waals surface area contributed by atoms with Gasteiger partial charge in [-0.1, -0.05) is 57.4 Å². The lowest BCUT2D eigenvalue weighted by Crippen LogP contribution is -1.92. The van der Waals surface area contributed by atoms with Crippen LogP contribution in [0.5, 0.6) is 0 Å². The Morgan fingerprint density at radius 1 is 1.29 bits per heavy atom. The van der Waals surface area contributed by atoms with Crippen molar-refractivity contribution in [2.45, 2.75) is 18.2 Å². The highest BCUT2D eigenvalue weighted by molar-refractivity contribution is 9.10. The van der Waals surface area contributed by atoms with Crippen LogP contribution in [0.15, 0.2) is 34.8 Å². The van der Waals surface area contributed by atoms with Gasteiger partial charge in [-0.15, -0.1) is 11.3 Å². The molecule has 0 nitrogen and oxygen atoms in total. The monoisotopic (exact) mass is 392 g/mol. The molecule has 0 radical (unpaired) electrons. The second-order valence-corrected chi connectivity index (χ2v) is 7.57. The molecule has 0 bridgehead atoms. The van der Waals surface area contributed by atoms with Crippen molar-refractivity contribution < 1.29 is 0 Å². The van der Waals surface area contributed by atoms with Crippen molar-refractivity contribution >= 4 is 54.8 Å². The molecule has 1 unspecified atom stereocenters. The van der Waals surface area contributed by atoms with Crippen molar-refractivity contribution in [1.82, 2.24) is 0 Å². The number of thiophene rings is 1. The molecule has 1 heterocycles. The van der Waals surface area contributed by atoms with E-state index in [2.05, 4.69) is 69.1 Å². The zero-order valence-electron chi connectivity index (χ0n) is 9.21. The first kappa shape index (κ1) is 13.6. The van der Waals surface area contributed by atoms with Gasteiger partial charge in [-0.25, -0.2) is 0 Å². The van der Waals surface area contributed by atoms with E-state index in [0.29, 0.717) is 4.83 Å². The topological polar surface area (TPSA) is 0 Å². The fourth-order valence-corrected chi connectivity index (χ4v) is 4.05. The minimum absolute atomic E-state index is 0.319. The number of aryl methyl sites for hydroxylation is 1. The molecular formula is C13H11Br2ClS. The van der Waals surface area contributed by atoms with Crippen LogP contribution in [0.25, 0.3) is 0 Å². The van der Waals surface area contributed by atoms with Gasteiger partial charge in [-0.05, 0) is 40.9 Å². The van der Waals surface area contributed by atoms with Crippen LogP contribution in [-0.2, 0) is 6.42 Å². The first-order chi connectivity index (χ1) is 8.06. The molecule has 0 aliphatic carbocycles. The molecule has 2 aromatic rings. The van der Waals surface area contributed by atoms with Crippen LogP contribution in [-0.4, -0.2) is 0 Å². The van der Waals surface area contributed by atoms with E-state index in [1.165, 1.54) is 16.0 Å². The number of hydrogen-bond donors (Lipinski definition) is 0. The van der Waals surface area contributed by atoms with Gasteiger partial charge in [0.2, 0.25) is 0 Å². The summed E-state index contributed by atoms with van der Waals surface area (Å²) in [6.45, 7) is 2.10. The number of alkyl halides is 1. The van der Waals surface area contributed by atoms with Crippen LogP contribution in [0.3, 0.4) is 0 Å². The molecule has 2 rings (SSSR count). The van der Waals surface area contributed by atoms with Crippen LogP contribution in [0.4, 0.5) is 0 Å². The number of benzene rings is 1. The fourth-order valence-electron chi connectivity index (χ4n) is 1.55. The van der Waals surface area contributed by atoms with Crippen LogP contribution in [0, 0.1) is 6.92 Å². The third-order valence-corrected chi connectivity index (χ3v) is 6.22. The Hall–Kier alpha value is 0.170. The van der Waals surface area contributed by atoms with Crippen LogP contribution in [0.1, 0.15) is 20.8 Å². The van der Waals surface area contributed by atoms with E-state index in [0.717, 1.165) is 15.2 Å². The average molecular weight is 395 g/mol. The second kappa shape index (κ2) is 5.87. The zero-order chi connectivity index (χ0) is 12.4. The smallest absolute Gasteiger partial charge is 0.107 e. The molecule has 17 heavy (non-hydrogen) atoms. The molecule has 0 aliphatic heterocycles. The molecule has 0 spiro atoms. The maximum Gasteiger partial charge on any atom is 0.107 e. The van der Waals surface area contributed by atoms with Crippen LogP contribution < -0.4 is 0 Å². The van der Waals surface area contributed by atoms with Gasteiger partial charge in [0, 0.05) is 9.35 Å². The lowest BCUT2D eigenvalue weighted by Gasteiger charge is -2.07. The number of halogens is 3. The van der Waals surface area contributed by atoms with Crippen LogP contribution >= 0.6 is 54.8 Å². The molecule has 1 aromatic carbocycles. The van der Waals surface area contributed by atoms with E-state index in [9.17, 15) is 0 Å². The Bertz CT molecular complexity index is 485. The second-order valence-electron chi connectivity index (χ2n) is 3.93. The van der Waals surface area contributed by atoms with Gasteiger partial charge < -0.3 is 0 Å². The summed E-state index contributed by atoms with van der Waals surface area (Å²) in [4.78, 5) is 1.57. The summed E-state index contributed by atoms with van der Waals surface area (Å²) >= 11 is 14.8. The van der Waals surface area contributed by atoms with E-state index in [-0.39, 0.29) is 0 Å². The predicted octanol–water partition coefficient (Wildman–Crippen LogP) is 6.15. The number of hydrogen-bond acceptors (Lipinski definition) is 1. The minimum atomic E-state index is 0.319. The van der Waals surface area contributed by atoms with Gasteiger partial charge in [0.05, 0.1) is 4.83 Å². The minimum Gasteiger partial charge on any atom is -0.126 e. The van der Waals surface area contributed by atoms with E-state index in [1.807, 2.05) is 0 Å². The summed E-state index contributed by atoms with van der Waals surface area (Å²) in [6, 6.07) is 10.7. The highest BCUT2D eigenvalue weighted by Gasteiger charge is 2.13. The van der Waals surface area contributed by atoms with Crippen molar-refractivity contribution in [1.29, 1.82) is 0 Å². The van der Waals surface area contributed by atoms with E-state index in [1.54, 1.807) is 11.3 Å². The lowest BCUT2D eigenvalue weighted by atomic mass is 10.1. The van der Waals surface area contributed by atoms with Gasteiger partial charge in [-0.2, -0.15) is 0 Å². The summed E-state index contributed by atoms with van der Waals surface area (Å²) in [5.74, 6) is 0. The molecular weight excluding hydrogens is 383 g/mol. The highest BCUT2D eigenvalue weighted by Crippen LogP contribution is 2.39. The zero-order valence-corrected chi connectivity index (χ0v) is 14.0. The standard InChI is InChI=1S/C13H11Br2ClS/c1-8-2-4-9(5-3-8)6-10(14)12-7-11(15)13(16)17-12/h2-5,7,10H,6H2,1H3. The van der Waals surface area contributed by atoms with Crippen molar-refractivity contribution in [3.05, 3.63) is 55.1 Å². The maximum atomic E-state index is 6.05. The Labute approximate surface area is 127 Å². The van der Waals surface area contributed by atoms with Gasteiger partial charge in [-0.3, -0.25) is 0 Å². The molecule has 1 aromatic heterocycles. The molecule has 0 aliphatic rings. The average Bonchev–Trinajstić information content (AvgIpc) is 2.63. The summed E-state index contributed by atoms with van der Waals surface area (Å²) in [7, 11) is 0. The molecule has 0 saturated carbocycles. The Morgan fingerprint density at radius 2 is 1.94 bits per heavy atom. The van der Waals surface area contributed by atoms with Crippen LogP contribution in [0.2, 0.25) is 4.34 Å². The maximum absolute atomic E-state index is 6.05. The van der Waals surface area contributed by atoms with E-state index < -0.39 is 0 Å². The first-order valence-electron chi connectivity index (χ1n) is 5.20. The fraction of sp³-hybridized carbons (Fsp3) is 0.231. The van der Waals surface area contributed by atoms with Gasteiger partial charge in [0.15, 0.2) is 0 Å². The SMILES string of the molecule is Cc1ccc(CC(Br)c2cc(Br)c(Cl)s2)cc1.